The van der Waals surface area contributed by atoms with E-state index in [9.17, 15) is 0 Å². The number of rotatable bonds is 18. The van der Waals surface area contributed by atoms with E-state index in [-0.39, 0.29) is 16.0 Å². The van der Waals surface area contributed by atoms with Crippen LogP contribution in [-0.4, -0.2) is 41.6 Å². The summed E-state index contributed by atoms with van der Waals surface area (Å²) >= 11 is 0. The summed E-state index contributed by atoms with van der Waals surface area (Å²) in [5.41, 5.74) is 0. The van der Waals surface area contributed by atoms with Gasteiger partial charge in [-0.25, -0.2) is 0 Å². The highest BCUT2D eigenvalue weighted by molar-refractivity contribution is 7.60. The summed E-state index contributed by atoms with van der Waals surface area (Å²) in [5, 5.41) is 0. The molecule has 1 saturated heterocycles. The van der Waals surface area contributed by atoms with Gasteiger partial charge in [-0.05, 0) is 71.2 Å². The van der Waals surface area contributed by atoms with Crippen molar-refractivity contribution in [1.82, 2.24) is 4.67 Å². The van der Waals surface area contributed by atoms with Crippen molar-refractivity contribution in [2.45, 2.75) is 123 Å². The minimum Gasteiger partial charge on any atom is -0.275 e. The predicted molar refractivity (Wildman–Crippen MR) is 131 cm³/mol. The minimum atomic E-state index is 0.156. The Labute approximate surface area is 175 Å². The molecule has 0 bridgehead atoms. The lowest BCUT2D eigenvalue weighted by Gasteiger charge is -2.38. The molecule has 0 aromatic rings. The Bertz CT molecular complexity index is 274. The maximum absolute atomic E-state index is 3.13. The van der Waals surface area contributed by atoms with Gasteiger partial charge in [0.1, 0.15) is 0 Å². The van der Waals surface area contributed by atoms with Gasteiger partial charge in [-0.15, -0.1) is 0 Å². The molecule has 1 nitrogen and oxygen atoms in total. The fourth-order valence-corrected chi connectivity index (χ4v) is 11.3. The fourth-order valence-electron chi connectivity index (χ4n) is 4.43. The molecule has 1 heterocycles. The Kier molecular flexibility index (Phi) is 16.9. The topological polar surface area (TPSA) is 3.24 Å². The second kappa shape index (κ2) is 17.7. The molecule has 3 heteroatoms. The largest absolute Gasteiger partial charge is 0.275 e. The number of nitrogens with zero attached hydrogens (tertiary/aromatic N) is 1. The van der Waals surface area contributed by atoms with Crippen LogP contribution in [-0.2, 0) is 0 Å². The first kappa shape index (κ1) is 25.9. The van der Waals surface area contributed by atoms with Gasteiger partial charge in [-0.1, -0.05) is 87.0 Å². The molecule has 0 amide bonds. The molecule has 1 aliphatic heterocycles. The van der Waals surface area contributed by atoms with Crippen LogP contribution in [0, 0.1) is 0 Å². The molecule has 1 unspecified atom stereocenters. The summed E-state index contributed by atoms with van der Waals surface area (Å²) in [6.07, 6.45) is 26.6. The highest BCUT2D eigenvalue weighted by Crippen LogP contribution is 2.57. The lowest BCUT2D eigenvalue weighted by Crippen LogP contribution is -2.27. The maximum Gasteiger partial charge on any atom is 0.0333 e. The third-order valence-electron chi connectivity index (χ3n) is 6.12. The van der Waals surface area contributed by atoms with Crippen LogP contribution in [0.3, 0.4) is 0 Å². The zero-order valence-electron chi connectivity index (χ0n) is 19.4. The first-order valence-corrected chi connectivity index (χ1v) is 16.0. The van der Waals surface area contributed by atoms with Crippen LogP contribution in [0.2, 0.25) is 0 Å². The zero-order chi connectivity index (χ0) is 19.7. The fraction of sp³-hybridized carbons (Fsp3) is 1.00. The molecular weight excluding hydrogens is 364 g/mol. The molecule has 1 fully saturated rings. The second-order valence-corrected chi connectivity index (χ2v) is 13.7. The van der Waals surface area contributed by atoms with E-state index in [4.69, 9.17) is 0 Å². The van der Waals surface area contributed by atoms with Crippen molar-refractivity contribution in [2.75, 3.05) is 31.2 Å². The molecule has 0 aliphatic carbocycles. The normalized spacial score (nSPS) is 18.2. The average Bonchev–Trinajstić information content (AvgIpc) is 3.15. The summed E-state index contributed by atoms with van der Waals surface area (Å²) in [4.78, 5) is 0. The van der Waals surface area contributed by atoms with Gasteiger partial charge in [0.05, 0.1) is 0 Å². The number of hydrogen-bond donors (Lipinski definition) is 0. The van der Waals surface area contributed by atoms with Crippen molar-refractivity contribution in [3.8, 4) is 0 Å². The molecule has 0 aromatic heterocycles. The SMILES string of the molecule is CCCCCP(CCCCC)C1CCCN1P(CCCCC)CCCCC. The summed E-state index contributed by atoms with van der Waals surface area (Å²) in [5.74, 6) is 1.00. The molecule has 162 valence electrons. The monoisotopic (exact) mass is 415 g/mol. The smallest absolute Gasteiger partial charge is 0.0333 e. The van der Waals surface area contributed by atoms with Crippen LogP contribution in [0.1, 0.15) is 118 Å². The van der Waals surface area contributed by atoms with Gasteiger partial charge < -0.3 is 0 Å². The Morgan fingerprint density at radius 2 is 1.07 bits per heavy atom. The summed E-state index contributed by atoms with van der Waals surface area (Å²) in [6, 6.07) is 0. The van der Waals surface area contributed by atoms with Crippen molar-refractivity contribution in [3.63, 3.8) is 0 Å². The maximum atomic E-state index is 3.13. The van der Waals surface area contributed by atoms with Crippen LogP contribution in [0.25, 0.3) is 0 Å². The van der Waals surface area contributed by atoms with Crippen LogP contribution in [0.5, 0.6) is 0 Å². The lowest BCUT2D eigenvalue weighted by atomic mass is 10.3. The average molecular weight is 416 g/mol. The van der Waals surface area contributed by atoms with E-state index in [1.54, 1.807) is 12.3 Å². The summed E-state index contributed by atoms with van der Waals surface area (Å²) < 4.78 is 3.13. The van der Waals surface area contributed by atoms with Gasteiger partial charge in [0, 0.05) is 12.3 Å². The lowest BCUT2D eigenvalue weighted by molar-refractivity contribution is 0.517. The van der Waals surface area contributed by atoms with Gasteiger partial charge in [-0.3, -0.25) is 4.67 Å². The van der Waals surface area contributed by atoms with Gasteiger partial charge in [0.15, 0.2) is 0 Å². The van der Waals surface area contributed by atoms with Crippen molar-refractivity contribution in [3.05, 3.63) is 0 Å². The Morgan fingerprint density at radius 1 is 0.630 bits per heavy atom. The Balaban J connectivity index is 2.71. The molecule has 1 atom stereocenters. The second-order valence-electron chi connectivity index (χ2n) is 8.60. The van der Waals surface area contributed by atoms with Crippen molar-refractivity contribution < 1.29 is 0 Å². The van der Waals surface area contributed by atoms with E-state index in [0.29, 0.717) is 0 Å². The molecule has 0 saturated carbocycles. The first-order valence-electron chi connectivity index (χ1n) is 12.5. The van der Waals surface area contributed by atoms with E-state index in [1.165, 1.54) is 109 Å². The highest BCUT2D eigenvalue weighted by atomic mass is 31.1. The Hall–Kier alpha value is 0.820. The molecule has 1 rings (SSSR count). The van der Waals surface area contributed by atoms with Gasteiger partial charge in [-0.2, -0.15) is 0 Å². The minimum absolute atomic E-state index is 0.156. The predicted octanol–water partition coefficient (Wildman–Crippen LogP) is 9.05. The van der Waals surface area contributed by atoms with E-state index >= 15 is 0 Å². The van der Waals surface area contributed by atoms with Crippen LogP contribution in [0.15, 0.2) is 0 Å². The molecule has 0 spiro atoms. The van der Waals surface area contributed by atoms with Gasteiger partial charge in [0.2, 0.25) is 0 Å². The van der Waals surface area contributed by atoms with Gasteiger partial charge in [0.25, 0.3) is 0 Å². The summed E-state index contributed by atoms with van der Waals surface area (Å²) in [6.45, 7) is 10.9. The Morgan fingerprint density at radius 3 is 1.52 bits per heavy atom. The van der Waals surface area contributed by atoms with Crippen molar-refractivity contribution in [2.24, 2.45) is 0 Å². The molecular formula is C24H51NP2. The van der Waals surface area contributed by atoms with Crippen LogP contribution in [0.4, 0.5) is 0 Å². The molecule has 0 aromatic carbocycles. The van der Waals surface area contributed by atoms with E-state index in [1.807, 2.05) is 0 Å². The third kappa shape index (κ3) is 11.0. The first-order chi connectivity index (χ1) is 13.3. The summed E-state index contributed by atoms with van der Waals surface area (Å²) in [7, 11) is 0.404. The third-order valence-corrected chi connectivity index (χ3v) is 12.3. The number of hydrogen-bond acceptors (Lipinski definition) is 1. The molecule has 27 heavy (non-hydrogen) atoms. The molecule has 1 aliphatic rings. The van der Waals surface area contributed by atoms with E-state index in [0.717, 1.165) is 5.78 Å². The zero-order valence-corrected chi connectivity index (χ0v) is 21.1. The number of unbranched alkanes of at least 4 members (excludes halogenated alkanes) is 8. The van der Waals surface area contributed by atoms with E-state index in [2.05, 4.69) is 32.4 Å². The highest BCUT2D eigenvalue weighted by Gasteiger charge is 2.34. The van der Waals surface area contributed by atoms with Gasteiger partial charge >= 0.3 is 0 Å². The van der Waals surface area contributed by atoms with Crippen LogP contribution >= 0.6 is 16.0 Å². The quantitative estimate of drug-likeness (QED) is 0.159. The molecule has 0 N–H and O–H groups in total. The van der Waals surface area contributed by atoms with E-state index < -0.39 is 0 Å². The van der Waals surface area contributed by atoms with Crippen LogP contribution < -0.4 is 0 Å². The standard InChI is InChI=1S/C24H51NP2/c1-5-9-13-20-26(21-14-10-6-2)24-18-17-19-25(24)27(22-15-11-7-3)23-16-12-8-4/h24H,5-23H2,1-4H3. The van der Waals surface area contributed by atoms with Crippen molar-refractivity contribution in [1.29, 1.82) is 0 Å². The molecule has 0 radical (unpaired) electrons. The van der Waals surface area contributed by atoms with Crippen molar-refractivity contribution >= 4 is 16.0 Å².